The second-order valence-electron chi connectivity index (χ2n) is 8.55. The molecule has 0 radical (unpaired) electrons. The van der Waals surface area contributed by atoms with Crippen LogP contribution in [0.4, 0.5) is 15.9 Å². The molecule has 1 saturated carbocycles. The van der Waals surface area contributed by atoms with E-state index < -0.39 is 23.4 Å². The molecular weight excluding hydrogens is 472 g/mol. The van der Waals surface area contributed by atoms with Crippen molar-refractivity contribution < 1.29 is 14.3 Å². The van der Waals surface area contributed by atoms with E-state index in [1.54, 1.807) is 6.92 Å². The Hall–Kier alpha value is -2.91. The van der Waals surface area contributed by atoms with Gasteiger partial charge in [-0.2, -0.15) is 0 Å². The summed E-state index contributed by atoms with van der Waals surface area (Å²) < 4.78 is 15.6. The molecule has 2 aliphatic rings. The van der Waals surface area contributed by atoms with Crippen LogP contribution in [0.5, 0.6) is 0 Å². The molecule has 3 aromatic rings. The van der Waals surface area contributed by atoms with Gasteiger partial charge in [-0.3, -0.25) is 9.20 Å². The van der Waals surface area contributed by atoms with Crippen LogP contribution in [0.3, 0.4) is 0 Å². The highest BCUT2D eigenvalue weighted by Gasteiger charge is 2.42. The van der Waals surface area contributed by atoms with Gasteiger partial charge in [-0.1, -0.05) is 23.2 Å². The molecule has 2 fully saturated rings. The average molecular weight is 492 g/mol. The summed E-state index contributed by atoms with van der Waals surface area (Å²) in [4.78, 5) is 35.2. The number of hydrogen-bond acceptors (Lipinski definition) is 6. The van der Waals surface area contributed by atoms with Crippen molar-refractivity contribution in [1.82, 2.24) is 14.4 Å². The fourth-order valence-electron chi connectivity index (χ4n) is 4.53. The van der Waals surface area contributed by atoms with Gasteiger partial charge in [0.05, 0.1) is 11.7 Å². The molecular formula is C22H20Cl2FN5O3. The van der Waals surface area contributed by atoms with Gasteiger partial charge in [0.1, 0.15) is 21.6 Å². The van der Waals surface area contributed by atoms with E-state index in [1.807, 2.05) is 4.90 Å². The number of aromatic carboxylic acids is 1. The van der Waals surface area contributed by atoms with Crippen LogP contribution in [-0.2, 0) is 0 Å². The van der Waals surface area contributed by atoms with Crippen molar-refractivity contribution in [2.24, 2.45) is 11.8 Å². The molecule has 1 aliphatic carbocycles. The Kier molecular flexibility index (Phi) is 5.41. The zero-order valence-electron chi connectivity index (χ0n) is 17.6. The number of aromatic nitrogens is 3. The third-order valence-electron chi connectivity index (χ3n) is 6.34. The van der Waals surface area contributed by atoms with E-state index in [1.165, 1.54) is 24.6 Å². The van der Waals surface area contributed by atoms with E-state index in [0.29, 0.717) is 17.3 Å². The second-order valence-corrected chi connectivity index (χ2v) is 9.32. The van der Waals surface area contributed by atoms with Gasteiger partial charge < -0.3 is 15.3 Å². The first-order chi connectivity index (χ1) is 15.7. The van der Waals surface area contributed by atoms with Crippen LogP contribution in [0.1, 0.15) is 41.9 Å². The smallest absolute Gasteiger partial charge is 0.356 e. The van der Waals surface area contributed by atoms with Crippen molar-refractivity contribution >= 4 is 46.3 Å². The summed E-state index contributed by atoms with van der Waals surface area (Å²) in [6, 6.07) is 3.59. The Morgan fingerprint density at radius 1 is 1.30 bits per heavy atom. The number of pyridine rings is 2. The Bertz CT molecular complexity index is 1350. The first-order valence-corrected chi connectivity index (χ1v) is 11.3. The molecule has 3 aromatic heterocycles. The summed E-state index contributed by atoms with van der Waals surface area (Å²) in [5.41, 5.74) is 0.00225. The normalized spacial score (nSPS) is 20.4. The molecule has 8 nitrogen and oxygen atoms in total. The number of carbonyl (C=O) groups is 1. The largest absolute Gasteiger partial charge is 0.476 e. The van der Waals surface area contributed by atoms with Gasteiger partial charge in [-0.15, -0.1) is 0 Å². The Labute approximate surface area is 198 Å². The maximum Gasteiger partial charge on any atom is 0.356 e. The molecule has 3 atom stereocenters. The van der Waals surface area contributed by atoms with Crippen LogP contribution < -0.4 is 15.8 Å². The standard InChI is InChI=1S/C22H20Cl2FN5O3/c1-10(26-15-2-3-16(23)27-18(15)22(32)33)14-7-13(25)9-30-19(14)28-20(17(24)21(30)31)29-5-4-11-6-12(11)8-29/h2-3,7,9-12,26H,4-6,8H2,1H3,(H,32,33)/t10-,11?,12?/m1/s1. The van der Waals surface area contributed by atoms with E-state index in [9.17, 15) is 19.1 Å². The molecule has 0 amide bonds. The van der Waals surface area contributed by atoms with Crippen molar-refractivity contribution in [1.29, 1.82) is 0 Å². The van der Waals surface area contributed by atoms with Crippen molar-refractivity contribution in [3.8, 4) is 0 Å². The first kappa shape index (κ1) is 21.9. The maximum atomic E-state index is 14.5. The van der Waals surface area contributed by atoms with Gasteiger partial charge >= 0.3 is 5.97 Å². The molecule has 4 heterocycles. The summed E-state index contributed by atoms with van der Waals surface area (Å²) >= 11 is 12.2. The van der Waals surface area contributed by atoms with Crippen LogP contribution in [0.15, 0.2) is 29.2 Å². The van der Waals surface area contributed by atoms with Crippen LogP contribution in [0.2, 0.25) is 10.2 Å². The molecule has 1 saturated heterocycles. The van der Waals surface area contributed by atoms with E-state index in [2.05, 4.69) is 15.3 Å². The number of nitrogens with one attached hydrogen (secondary N) is 1. The van der Waals surface area contributed by atoms with Crippen molar-refractivity contribution in [2.45, 2.75) is 25.8 Å². The van der Waals surface area contributed by atoms with E-state index in [0.717, 1.165) is 36.0 Å². The number of rotatable bonds is 5. The minimum atomic E-state index is -1.26. The molecule has 5 rings (SSSR count). The molecule has 0 aromatic carbocycles. The quantitative estimate of drug-likeness (QED) is 0.514. The second kappa shape index (κ2) is 8.14. The Balaban J connectivity index is 1.59. The van der Waals surface area contributed by atoms with Crippen molar-refractivity contribution in [3.05, 3.63) is 62.0 Å². The summed E-state index contributed by atoms with van der Waals surface area (Å²) in [6.45, 7) is 3.26. The lowest BCUT2D eigenvalue weighted by Gasteiger charge is -2.28. The van der Waals surface area contributed by atoms with E-state index >= 15 is 0 Å². The molecule has 172 valence electrons. The van der Waals surface area contributed by atoms with Gasteiger partial charge in [0, 0.05) is 24.8 Å². The zero-order chi connectivity index (χ0) is 23.4. The molecule has 33 heavy (non-hydrogen) atoms. The van der Waals surface area contributed by atoms with Gasteiger partial charge in [0.25, 0.3) is 5.56 Å². The lowest BCUT2D eigenvalue weighted by Crippen LogP contribution is -2.34. The van der Waals surface area contributed by atoms with Crippen LogP contribution >= 0.6 is 23.2 Å². The highest BCUT2D eigenvalue weighted by Crippen LogP contribution is 2.46. The number of carboxylic acids is 1. The van der Waals surface area contributed by atoms with E-state index in [-0.39, 0.29) is 27.2 Å². The van der Waals surface area contributed by atoms with Gasteiger partial charge in [-0.25, -0.2) is 19.2 Å². The first-order valence-electron chi connectivity index (χ1n) is 10.6. The van der Waals surface area contributed by atoms with Crippen molar-refractivity contribution in [2.75, 3.05) is 23.3 Å². The highest BCUT2D eigenvalue weighted by molar-refractivity contribution is 6.32. The lowest BCUT2D eigenvalue weighted by atomic mass is 10.1. The molecule has 2 N–H and O–H groups in total. The highest BCUT2D eigenvalue weighted by atomic mass is 35.5. The summed E-state index contributed by atoms with van der Waals surface area (Å²) in [6.07, 6.45) is 3.26. The number of anilines is 2. The van der Waals surface area contributed by atoms with Crippen molar-refractivity contribution in [3.63, 3.8) is 0 Å². The van der Waals surface area contributed by atoms with Gasteiger partial charge in [0.2, 0.25) is 0 Å². The monoisotopic (exact) mass is 491 g/mol. The Morgan fingerprint density at radius 2 is 2.09 bits per heavy atom. The predicted molar refractivity (Wildman–Crippen MR) is 123 cm³/mol. The summed E-state index contributed by atoms with van der Waals surface area (Å²) in [7, 11) is 0. The number of halogens is 3. The fourth-order valence-corrected chi connectivity index (χ4v) is 4.93. The number of carboxylic acid groups (broad SMARTS) is 1. The molecule has 2 unspecified atom stereocenters. The van der Waals surface area contributed by atoms with Gasteiger partial charge in [-0.05, 0) is 49.8 Å². The van der Waals surface area contributed by atoms with Crippen LogP contribution in [-0.4, -0.2) is 38.5 Å². The molecule has 0 spiro atoms. The average Bonchev–Trinajstić information content (AvgIpc) is 3.56. The fraction of sp³-hybridized carbons (Fsp3) is 0.364. The van der Waals surface area contributed by atoms with Crippen LogP contribution in [0.25, 0.3) is 5.65 Å². The number of hydrogen-bond donors (Lipinski definition) is 2. The zero-order valence-corrected chi connectivity index (χ0v) is 19.1. The summed E-state index contributed by atoms with van der Waals surface area (Å²) in [5, 5.41) is 12.5. The molecule has 11 heteroatoms. The summed E-state index contributed by atoms with van der Waals surface area (Å²) in [5.74, 6) is -0.179. The third-order valence-corrected chi connectivity index (χ3v) is 6.88. The SMILES string of the molecule is C[C@@H](Nc1ccc(Cl)nc1C(=O)O)c1cc(F)cn2c(=O)c(Cl)c(N3CCC4CC4C3)nc12. The Morgan fingerprint density at radius 3 is 2.82 bits per heavy atom. The number of piperidine rings is 1. The predicted octanol–water partition coefficient (Wildman–Crippen LogP) is 4.25. The maximum absolute atomic E-state index is 14.5. The minimum Gasteiger partial charge on any atom is -0.476 e. The van der Waals surface area contributed by atoms with E-state index in [4.69, 9.17) is 23.2 Å². The topological polar surface area (TPSA) is 99.8 Å². The molecule has 1 aliphatic heterocycles. The number of nitrogens with zero attached hydrogens (tertiary/aromatic N) is 4. The third kappa shape index (κ3) is 4.00. The van der Waals surface area contributed by atoms with Crippen LogP contribution in [0, 0.1) is 17.7 Å². The van der Waals surface area contributed by atoms with Gasteiger partial charge in [0.15, 0.2) is 11.5 Å². The minimum absolute atomic E-state index is 0.0359. The number of fused-ring (bicyclic) bond motifs is 2. The lowest BCUT2D eigenvalue weighted by molar-refractivity contribution is 0.0691. The molecule has 0 bridgehead atoms.